The van der Waals surface area contributed by atoms with E-state index in [0.29, 0.717) is 31.6 Å². The van der Waals surface area contributed by atoms with Gasteiger partial charge >= 0.3 is 0 Å². The number of anilines is 1. The fraction of sp³-hybridized carbons (Fsp3) is 0.389. The Morgan fingerprint density at radius 2 is 2.13 bits per heavy atom. The van der Waals surface area contributed by atoms with Crippen molar-refractivity contribution in [1.29, 1.82) is 0 Å². The molecule has 23 heavy (non-hydrogen) atoms. The normalized spacial score (nSPS) is 16.4. The number of aliphatic hydroxyl groups excluding tert-OH is 1. The van der Waals surface area contributed by atoms with E-state index in [1.54, 1.807) is 18.2 Å². The van der Waals surface area contributed by atoms with Crippen LogP contribution in [0.5, 0.6) is 0 Å². The summed E-state index contributed by atoms with van der Waals surface area (Å²) in [7, 11) is 0. The van der Waals surface area contributed by atoms with Gasteiger partial charge in [-0.3, -0.25) is 4.79 Å². The second-order valence-corrected chi connectivity index (χ2v) is 5.61. The highest BCUT2D eigenvalue weighted by molar-refractivity contribution is 5.87. The highest BCUT2D eigenvalue weighted by Gasteiger charge is 2.19. The summed E-state index contributed by atoms with van der Waals surface area (Å²) in [6.45, 7) is 3.47. The fourth-order valence-electron chi connectivity index (χ4n) is 2.53. The number of piperidine rings is 1. The van der Waals surface area contributed by atoms with E-state index in [4.69, 9.17) is 0 Å². The van der Waals surface area contributed by atoms with Crippen LogP contribution in [0.1, 0.15) is 25.3 Å². The maximum absolute atomic E-state index is 14.3. The average Bonchev–Trinajstić information content (AvgIpc) is 2.54. The highest BCUT2D eigenvalue weighted by atomic mass is 19.1. The van der Waals surface area contributed by atoms with Gasteiger partial charge in [0.1, 0.15) is 5.82 Å². The van der Waals surface area contributed by atoms with Gasteiger partial charge < -0.3 is 15.3 Å². The zero-order chi connectivity index (χ0) is 16.7. The maximum atomic E-state index is 14.3. The molecule has 0 aromatic heterocycles. The lowest BCUT2D eigenvalue weighted by Crippen LogP contribution is -2.36. The molecule has 0 radical (unpaired) electrons. The molecular formula is C18H23FN2O2. The smallest absolute Gasteiger partial charge is 0.244 e. The van der Waals surface area contributed by atoms with Crippen molar-refractivity contribution in [2.75, 3.05) is 18.0 Å². The third-order valence-corrected chi connectivity index (χ3v) is 3.84. The van der Waals surface area contributed by atoms with E-state index in [9.17, 15) is 14.3 Å². The summed E-state index contributed by atoms with van der Waals surface area (Å²) >= 11 is 0. The SMILES string of the molecule is CC=CC=CC(=O)NCc1ccc(N2CCC(O)CC2)c(F)c1. The Kier molecular flexibility index (Phi) is 6.35. The molecule has 0 atom stereocenters. The Hall–Kier alpha value is -2.14. The molecule has 0 spiro atoms. The first-order valence-electron chi connectivity index (χ1n) is 7.89. The van der Waals surface area contributed by atoms with Gasteiger partial charge in [-0.25, -0.2) is 4.39 Å². The number of nitrogens with zero attached hydrogens (tertiary/aromatic N) is 1. The number of aliphatic hydroxyl groups is 1. The first-order chi connectivity index (χ1) is 11.1. The molecule has 1 fully saturated rings. The van der Waals surface area contributed by atoms with Crippen LogP contribution in [0, 0.1) is 5.82 Å². The predicted octanol–water partition coefficient (Wildman–Crippen LogP) is 2.54. The van der Waals surface area contributed by atoms with Crippen molar-refractivity contribution in [2.24, 2.45) is 0 Å². The van der Waals surface area contributed by atoms with Gasteiger partial charge in [-0.15, -0.1) is 0 Å². The lowest BCUT2D eigenvalue weighted by molar-refractivity contribution is -0.116. The summed E-state index contributed by atoms with van der Waals surface area (Å²) in [4.78, 5) is 13.5. The van der Waals surface area contributed by atoms with Gasteiger partial charge in [-0.2, -0.15) is 0 Å². The van der Waals surface area contributed by atoms with E-state index in [2.05, 4.69) is 5.32 Å². The molecule has 0 aliphatic carbocycles. The van der Waals surface area contributed by atoms with Crippen LogP contribution in [-0.4, -0.2) is 30.2 Å². The molecule has 1 saturated heterocycles. The van der Waals surface area contributed by atoms with E-state index in [-0.39, 0.29) is 24.4 Å². The second-order valence-electron chi connectivity index (χ2n) is 5.61. The number of carbonyl (C=O) groups is 1. The lowest BCUT2D eigenvalue weighted by atomic mass is 10.1. The molecular weight excluding hydrogens is 295 g/mol. The van der Waals surface area contributed by atoms with Crippen molar-refractivity contribution in [2.45, 2.75) is 32.4 Å². The van der Waals surface area contributed by atoms with Crippen LogP contribution in [0.4, 0.5) is 10.1 Å². The van der Waals surface area contributed by atoms with Crippen LogP contribution >= 0.6 is 0 Å². The number of nitrogens with one attached hydrogen (secondary N) is 1. The monoisotopic (exact) mass is 318 g/mol. The first-order valence-corrected chi connectivity index (χ1v) is 7.89. The van der Waals surface area contributed by atoms with Gasteiger partial charge in [-0.1, -0.05) is 24.3 Å². The van der Waals surface area contributed by atoms with Gasteiger partial charge in [0, 0.05) is 25.7 Å². The minimum Gasteiger partial charge on any atom is -0.393 e. The highest BCUT2D eigenvalue weighted by Crippen LogP contribution is 2.24. The number of amides is 1. The molecule has 0 bridgehead atoms. The Morgan fingerprint density at radius 1 is 1.39 bits per heavy atom. The minimum absolute atomic E-state index is 0.211. The molecule has 0 unspecified atom stereocenters. The summed E-state index contributed by atoms with van der Waals surface area (Å²) in [5.74, 6) is -0.504. The number of benzene rings is 1. The third-order valence-electron chi connectivity index (χ3n) is 3.84. The third kappa shape index (κ3) is 5.21. The molecule has 4 nitrogen and oxygen atoms in total. The van der Waals surface area contributed by atoms with E-state index < -0.39 is 0 Å². The van der Waals surface area contributed by atoms with Crippen LogP contribution in [0.3, 0.4) is 0 Å². The number of allylic oxidation sites excluding steroid dienone is 3. The summed E-state index contributed by atoms with van der Waals surface area (Å²) < 4.78 is 14.3. The largest absolute Gasteiger partial charge is 0.393 e. The summed E-state index contributed by atoms with van der Waals surface area (Å²) in [6, 6.07) is 5.01. The van der Waals surface area contributed by atoms with Gasteiger partial charge in [0.2, 0.25) is 5.91 Å². The van der Waals surface area contributed by atoms with Crippen LogP contribution in [0.25, 0.3) is 0 Å². The maximum Gasteiger partial charge on any atom is 0.244 e. The van der Waals surface area contributed by atoms with Crippen molar-refractivity contribution in [1.82, 2.24) is 5.32 Å². The second kappa shape index (κ2) is 8.48. The van der Waals surface area contributed by atoms with Crippen molar-refractivity contribution in [3.05, 3.63) is 53.9 Å². The molecule has 2 N–H and O–H groups in total. The minimum atomic E-state index is -0.294. The Morgan fingerprint density at radius 3 is 2.78 bits per heavy atom. The molecule has 124 valence electrons. The summed E-state index contributed by atoms with van der Waals surface area (Å²) in [5.41, 5.74) is 1.27. The van der Waals surface area contributed by atoms with E-state index in [0.717, 1.165) is 5.56 Å². The number of halogens is 1. The van der Waals surface area contributed by atoms with Gasteiger partial charge in [0.05, 0.1) is 11.8 Å². The fourth-order valence-corrected chi connectivity index (χ4v) is 2.53. The molecule has 1 amide bonds. The molecule has 5 heteroatoms. The van der Waals surface area contributed by atoms with E-state index >= 15 is 0 Å². The molecule has 1 aliphatic rings. The Labute approximate surface area is 136 Å². The Bertz CT molecular complexity index is 591. The first kappa shape index (κ1) is 17.2. The standard InChI is InChI=1S/C18H23FN2O2/c1-2-3-4-5-18(23)20-13-14-6-7-17(16(19)12-14)21-10-8-15(22)9-11-21/h2-7,12,15,22H,8-11,13H2,1H3,(H,20,23). The number of rotatable bonds is 5. The van der Waals surface area contributed by atoms with Gasteiger partial charge in [-0.05, 0) is 37.5 Å². The Balaban J connectivity index is 1.92. The molecule has 1 aliphatic heterocycles. The lowest BCUT2D eigenvalue weighted by Gasteiger charge is -2.31. The predicted molar refractivity (Wildman–Crippen MR) is 89.7 cm³/mol. The number of hydrogen-bond donors (Lipinski definition) is 2. The van der Waals surface area contributed by atoms with Crippen molar-refractivity contribution < 1.29 is 14.3 Å². The number of hydrogen-bond acceptors (Lipinski definition) is 3. The van der Waals surface area contributed by atoms with Crippen LogP contribution in [0.2, 0.25) is 0 Å². The quantitative estimate of drug-likeness (QED) is 0.648. The van der Waals surface area contributed by atoms with E-state index in [1.807, 2.05) is 24.0 Å². The van der Waals surface area contributed by atoms with Crippen LogP contribution < -0.4 is 10.2 Å². The molecule has 0 saturated carbocycles. The molecule has 2 rings (SSSR count). The zero-order valence-electron chi connectivity index (χ0n) is 13.3. The molecule has 1 heterocycles. The van der Waals surface area contributed by atoms with E-state index in [1.165, 1.54) is 12.1 Å². The average molecular weight is 318 g/mol. The van der Waals surface area contributed by atoms with Gasteiger partial charge in [0.15, 0.2) is 0 Å². The zero-order valence-corrected chi connectivity index (χ0v) is 13.3. The van der Waals surface area contributed by atoms with Crippen LogP contribution in [-0.2, 0) is 11.3 Å². The number of carbonyl (C=O) groups excluding carboxylic acids is 1. The van der Waals surface area contributed by atoms with Crippen molar-refractivity contribution >= 4 is 11.6 Å². The molecule has 1 aromatic rings. The van der Waals surface area contributed by atoms with Crippen molar-refractivity contribution in [3.63, 3.8) is 0 Å². The van der Waals surface area contributed by atoms with Gasteiger partial charge in [0.25, 0.3) is 0 Å². The summed E-state index contributed by atoms with van der Waals surface area (Å²) in [5, 5.41) is 12.2. The molecule has 1 aromatic carbocycles. The topological polar surface area (TPSA) is 52.6 Å². The van der Waals surface area contributed by atoms with Crippen molar-refractivity contribution in [3.8, 4) is 0 Å². The van der Waals surface area contributed by atoms with Crippen LogP contribution in [0.15, 0.2) is 42.5 Å². The summed E-state index contributed by atoms with van der Waals surface area (Å²) in [6.07, 6.45) is 7.74.